The lowest BCUT2D eigenvalue weighted by atomic mass is 10.3. The Bertz CT molecular complexity index is 250. The largest absolute Gasteiger partial charge is 0.737 e. The van der Waals surface area contributed by atoms with Crippen LogP contribution in [0.4, 0.5) is 0 Å². The van der Waals surface area contributed by atoms with Crippen LogP contribution in [0, 0.1) is 10.4 Å². The van der Waals surface area contributed by atoms with Crippen LogP contribution in [0.5, 0.6) is 0 Å². The first-order valence-electron chi connectivity index (χ1n) is 7.31. The predicted molar refractivity (Wildman–Crippen MR) is 79.9 cm³/mol. The molecule has 0 saturated heterocycles. The van der Waals surface area contributed by atoms with E-state index in [1.54, 1.807) is 0 Å². The van der Waals surface area contributed by atoms with E-state index in [1.165, 1.54) is 5.01 Å². The lowest BCUT2D eigenvalue weighted by Crippen LogP contribution is -2.36. The fraction of sp³-hybridized carbons (Fsp3) is 1.00. The van der Waals surface area contributed by atoms with Crippen LogP contribution in [0.2, 0.25) is 0 Å². The highest BCUT2D eigenvalue weighted by Crippen LogP contribution is 1.96. The second-order valence-corrected chi connectivity index (χ2v) is 5.00. The zero-order valence-electron chi connectivity index (χ0n) is 12.7. The van der Waals surface area contributed by atoms with Gasteiger partial charge in [0.05, 0.1) is 13.1 Å². The summed E-state index contributed by atoms with van der Waals surface area (Å²) in [7, 11) is 0. The van der Waals surface area contributed by atoms with Crippen molar-refractivity contribution in [1.29, 1.82) is 0 Å². The molecule has 0 unspecified atom stereocenters. The molecule has 0 amide bonds. The number of rotatable bonds is 13. The van der Waals surface area contributed by atoms with E-state index in [0.717, 1.165) is 38.9 Å². The van der Waals surface area contributed by atoms with Crippen LogP contribution in [-0.2, 0) is 0 Å². The minimum Gasteiger partial charge on any atom is -0.737 e. The number of nitrogens with two attached hydrogens (primary N) is 1. The van der Waals surface area contributed by atoms with Gasteiger partial charge >= 0.3 is 0 Å². The summed E-state index contributed by atoms with van der Waals surface area (Å²) < 4.78 is 0. The summed E-state index contributed by atoms with van der Waals surface area (Å²) in [6.07, 6.45) is 2.53. The van der Waals surface area contributed by atoms with Gasteiger partial charge in [0, 0.05) is 11.0 Å². The smallest absolute Gasteiger partial charge is 0.0780 e. The molecular formula is C12H29N6O2-. The minimum atomic E-state index is 0.148. The molecule has 0 aromatic heterocycles. The summed E-state index contributed by atoms with van der Waals surface area (Å²) in [5, 5.41) is 32.0. The molecule has 0 rings (SSSR count). The molecule has 120 valence electrons. The number of nitrogens with one attached hydrogen (secondary N) is 2. The molecule has 0 heterocycles. The highest BCUT2D eigenvalue weighted by Gasteiger charge is 2.10. The molecule has 0 atom stereocenters. The third-order valence-electron chi connectivity index (χ3n) is 2.78. The lowest BCUT2D eigenvalue weighted by molar-refractivity contribution is -0.690. The van der Waals surface area contributed by atoms with Crippen LogP contribution in [0.1, 0.15) is 33.1 Å². The molecule has 0 saturated carbocycles. The van der Waals surface area contributed by atoms with Gasteiger partial charge in [-0.05, 0) is 50.7 Å². The van der Waals surface area contributed by atoms with Crippen LogP contribution in [0.25, 0.3) is 0 Å². The molecule has 4 N–H and O–H groups in total. The Labute approximate surface area is 121 Å². The summed E-state index contributed by atoms with van der Waals surface area (Å²) in [4.78, 5) is 0.148. The molecule has 0 aliphatic heterocycles. The standard InChI is InChI=1S/C12H30N6O2/c1-12(2)15-9-5-11-17(18(20)16-19)10-4-8-14-7-3-6-13/h12,14-15,19H,3-11,13H2,1-2H3/p-1/b18-16-. The first kappa shape index (κ1) is 18.9. The molecule has 0 aromatic rings. The highest BCUT2D eigenvalue weighted by atomic mass is 16.6. The Morgan fingerprint density at radius 1 is 1.15 bits per heavy atom. The van der Waals surface area contributed by atoms with E-state index in [1.807, 2.05) is 0 Å². The number of hydrogen-bond acceptors (Lipinski definition) is 6. The lowest BCUT2D eigenvalue weighted by Gasteiger charge is -2.20. The summed E-state index contributed by atoms with van der Waals surface area (Å²) >= 11 is 0. The molecular weight excluding hydrogens is 260 g/mol. The maximum Gasteiger partial charge on any atom is 0.0780 e. The zero-order valence-corrected chi connectivity index (χ0v) is 12.7. The maximum atomic E-state index is 11.3. The molecule has 0 aliphatic rings. The van der Waals surface area contributed by atoms with Crippen molar-refractivity contribution >= 4 is 0 Å². The molecule has 0 spiro atoms. The Kier molecular flexibility index (Phi) is 12.2. The van der Waals surface area contributed by atoms with E-state index < -0.39 is 0 Å². The van der Waals surface area contributed by atoms with E-state index >= 15 is 0 Å². The Hall–Kier alpha value is -1.12. The third-order valence-corrected chi connectivity index (χ3v) is 2.78. The average molecular weight is 289 g/mol. The van der Waals surface area contributed by atoms with Crippen molar-refractivity contribution in [2.45, 2.75) is 39.2 Å². The van der Waals surface area contributed by atoms with Crippen LogP contribution >= 0.6 is 0 Å². The fourth-order valence-electron chi connectivity index (χ4n) is 1.73. The first-order valence-corrected chi connectivity index (χ1v) is 7.31. The second kappa shape index (κ2) is 12.9. The van der Waals surface area contributed by atoms with Crippen LogP contribution < -0.4 is 16.4 Å². The predicted octanol–water partition coefficient (Wildman–Crippen LogP) is 0.380. The Balaban J connectivity index is 3.80. The zero-order chi connectivity index (χ0) is 15.2. The Morgan fingerprint density at radius 2 is 1.75 bits per heavy atom. The average Bonchev–Trinajstić information content (AvgIpc) is 2.43. The van der Waals surface area contributed by atoms with Gasteiger partial charge in [-0.25, -0.2) is 0 Å². The number of hydrogen-bond donors (Lipinski definition) is 3. The highest BCUT2D eigenvalue weighted by molar-refractivity contribution is 4.56. The topological polar surface area (TPSA) is 115 Å². The van der Waals surface area contributed by atoms with Crippen molar-refractivity contribution in [3.05, 3.63) is 10.4 Å². The molecule has 0 aromatic carbocycles. The first-order chi connectivity index (χ1) is 9.61. The van der Waals surface area contributed by atoms with Gasteiger partial charge in [0.2, 0.25) is 0 Å². The van der Waals surface area contributed by atoms with Gasteiger partial charge < -0.3 is 26.8 Å². The molecule has 0 fully saturated rings. The van der Waals surface area contributed by atoms with Crippen molar-refractivity contribution in [1.82, 2.24) is 15.6 Å². The molecule has 8 heteroatoms. The summed E-state index contributed by atoms with van der Waals surface area (Å²) in [5.74, 6) is 0. The Morgan fingerprint density at radius 3 is 2.30 bits per heavy atom. The van der Waals surface area contributed by atoms with Gasteiger partial charge in [-0.2, -0.15) is 0 Å². The minimum absolute atomic E-state index is 0.148. The molecule has 20 heavy (non-hydrogen) atoms. The summed E-state index contributed by atoms with van der Waals surface area (Å²) in [5.41, 5.74) is 5.39. The molecule has 0 bridgehead atoms. The third kappa shape index (κ3) is 10.8. The molecule has 0 radical (unpaired) electrons. The van der Waals surface area contributed by atoms with Crippen molar-refractivity contribution in [3.63, 3.8) is 0 Å². The molecule has 8 nitrogen and oxygen atoms in total. The monoisotopic (exact) mass is 289 g/mol. The fourth-order valence-corrected chi connectivity index (χ4v) is 1.73. The molecule has 0 aliphatic carbocycles. The quantitative estimate of drug-likeness (QED) is 0.195. The van der Waals surface area contributed by atoms with Gasteiger partial charge in [0.1, 0.15) is 0 Å². The van der Waals surface area contributed by atoms with Crippen molar-refractivity contribution < 1.29 is 4.97 Å². The summed E-state index contributed by atoms with van der Waals surface area (Å²) in [6, 6.07) is 0.419. The van der Waals surface area contributed by atoms with E-state index in [9.17, 15) is 10.4 Å². The van der Waals surface area contributed by atoms with Crippen molar-refractivity contribution in [3.8, 4) is 0 Å². The van der Waals surface area contributed by atoms with Gasteiger partial charge in [-0.3, -0.25) is 0 Å². The van der Waals surface area contributed by atoms with E-state index in [0.29, 0.717) is 25.7 Å². The van der Waals surface area contributed by atoms with Gasteiger partial charge in [0.15, 0.2) is 0 Å². The van der Waals surface area contributed by atoms with Crippen LogP contribution in [0.15, 0.2) is 5.28 Å². The second-order valence-electron chi connectivity index (χ2n) is 5.00. The number of nitrogens with zero attached hydrogens (tertiary/aromatic N) is 3. The van der Waals surface area contributed by atoms with Crippen LogP contribution in [0.3, 0.4) is 0 Å². The normalized spacial score (nSPS) is 12.1. The van der Waals surface area contributed by atoms with Gasteiger partial charge in [-0.1, -0.05) is 13.8 Å². The maximum absolute atomic E-state index is 11.3. The van der Waals surface area contributed by atoms with Crippen LogP contribution in [-0.4, -0.2) is 55.3 Å². The number of hydrazine groups is 1. The van der Waals surface area contributed by atoms with Gasteiger partial charge in [0.25, 0.3) is 0 Å². The van der Waals surface area contributed by atoms with Crippen molar-refractivity contribution in [2.24, 2.45) is 11.0 Å². The SMILES string of the molecule is CC(C)NCCCN(CCCNCCCN)/[N+]([O-])=N/[O-]. The summed E-state index contributed by atoms with van der Waals surface area (Å²) in [6.45, 7) is 8.34. The van der Waals surface area contributed by atoms with E-state index in [-0.39, 0.29) is 4.97 Å². The van der Waals surface area contributed by atoms with Crippen molar-refractivity contribution in [2.75, 3.05) is 39.3 Å². The van der Waals surface area contributed by atoms with E-state index in [2.05, 4.69) is 29.8 Å². The van der Waals surface area contributed by atoms with E-state index in [4.69, 9.17) is 5.73 Å². The van der Waals surface area contributed by atoms with Gasteiger partial charge in [-0.15, -0.1) is 5.01 Å².